The van der Waals surface area contributed by atoms with E-state index in [0.717, 1.165) is 50.9 Å². The van der Waals surface area contributed by atoms with Crippen LogP contribution in [0.5, 0.6) is 0 Å². The third-order valence-corrected chi connectivity index (χ3v) is 9.17. The molecule has 0 aromatic rings. The summed E-state index contributed by atoms with van der Waals surface area (Å²) < 4.78 is 10.5. The summed E-state index contributed by atoms with van der Waals surface area (Å²) in [5, 5.41) is 39.7. The number of aliphatic hydroxyl groups excluding tert-OH is 4. The van der Waals surface area contributed by atoms with Gasteiger partial charge < -0.3 is 29.9 Å². The number of ether oxygens (including phenoxy) is 2. The fourth-order valence-corrected chi connectivity index (χ4v) is 5.83. The van der Waals surface area contributed by atoms with Gasteiger partial charge in [-0.25, -0.2) is 0 Å². The first-order valence-electron chi connectivity index (χ1n) is 20.9. The molecule has 4 atom stereocenters. The third kappa shape index (κ3) is 34.8. The molecule has 0 aromatic heterocycles. The Kier molecular flexibility index (Phi) is 35.5. The zero-order valence-corrected chi connectivity index (χ0v) is 33.3. The van der Waals surface area contributed by atoms with Gasteiger partial charge in [-0.3, -0.25) is 9.59 Å². The second-order valence-electron chi connectivity index (χ2n) is 14.8. The van der Waals surface area contributed by atoms with E-state index >= 15 is 0 Å². The summed E-state index contributed by atoms with van der Waals surface area (Å²) in [7, 11) is 0. The third-order valence-electron chi connectivity index (χ3n) is 9.17. The van der Waals surface area contributed by atoms with Crippen LogP contribution in [0.4, 0.5) is 0 Å². The van der Waals surface area contributed by atoms with Crippen molar-refractivity contribution in [2.24, 2.45) is 5.92 Å². The van der Waals surface area contributed by atoms with Crippen molar-refractivity contribution < 1.29 is 39.5 Å². The van der Waals surface area contributed by atoms with Crippen LogP contribution in [0.3, 0.4) is 0 Å². The van der Waals surface area contributed by atoms with Gasteiger partial charge in [-0.15, -0.1) is 0 Å². The van der Waals surface area contributed by atoms with E-state index < -0.39 is 43.0 Å². The van der Waals surface area contributed by atoms with Crippen LogP contribution in [0.1, 0.15) is 175 Å². The smallest absolute Gasteiger partial charge is 0.306 e. The SMILES string of the molecule is CCCCC[C@@H](O)/C=C/C=C\C=C\C=C\[C@@H](O)[C@H](O)CCCC(=O)OC[C@H](CO)OC(=O)CCCCCCCCCCCCCCCCCC(C)C. The highest BCUT2D eigenvalue weighted by Gasteiger charge is 2.17. The van der Waals surface area contributed by atoms with Crippen molar-refractivity contribution in [3.63, 3.8) is 0 Å². The van der Waals surface area contributed by atoms with Gasteiger partial charge >= 0.3 is 11.9 Å². The first-order chi connectivity index (χ1) is 25.2. The normalized spacial score (nSPS) is 14.6. The van der Waals surface area contributed by atoms with Crippen LogP contribution in [-0.2, 0) is 19.1 Å². The molecule has 8 heteroatoms. The van der Waals surface area contributed by atoms with Gasteiger partial charge in [0.2, 0.25) is 0 Å². The van der Waals surface area contributed by atoms with Crippen molar-refractivity contribution >= 4 is 11.9 Å². The lowest BCUT2D eigenvalue weighted by atomic mass is 10.0. The van der Waals surface area contributed by atoms with Gasteiger partial charge in [0.1, 0.15) is 6.61 Å². The average molecular weight is 735 g/mol. The summed E-state index contributed by atoms with van der Waals surface area (Å²) in [4.78, 5) is 24.3. The van der Waals surface area contributed by atoms with Crippen LogP contribution < -0.4 is 0 Å². The maximum absolute atomic E-state index is 12.2. The van der Waals surface area contributed by atoms with Crippen LogP contribution in [0.2, 0.25) is 0 Å². The predicted octanol–water partition coefficient (Wildman–Crippen LogP) is 9.78. The molecule has 0 heterocycles. The molecule has 0 radical (unpaired) electrons. The minimum Gasteiger partial charge on any atom is -0.462 e. The number of rotatable bonds is 36. The summed E-state index contributed by atoms with van der Waals surface area (Å²) >= 11 is 0. The van der Waals surface area contributed by atoms with Crippen molar-refractivity contribution in [2.75, 3.05) is 13.2 Å². The number of allylic oxidation sites excluding steroid dienone is 6. The standard InChI is InChI=1S/C44H78O8/c1-4-5-23-30-39(46)31-25-20-17-18-21-26-32-41(47)42(48)33-28-35-43(49)51-37-40(36-45)52-44(50)34-27-22-16-14-12-10-8-6-7-9-11-13-15-19-24-29-38(2)3/h17-18,20-21,25-26,31-32,38-42,45-48H,4-16,19,22-24,27-30,33-37H2,1-3H3/b20-17-,21-18+,31-25+,32-26+/t39-,40+,41-,42-/m1/s1. The number of unbranched alkanes of at least 4 members (excludes halogenated alkanes) is 16. The van der Waals surface area contributed by atoms with E-state index in [4.69, 9.17) is 9.47 Å². The predicted molar refractivity (Wildman–Crippen MR) is 214 cm³/mol. The number of hydrogen-bond donors (Lipinski definition) is 4. The Bertz CT molecular complexity index is 941. The van der Waals surface area contributed by atoms with Gasteiger partial charge in [0, 0.05) is 12.8 Å². The molecule has 0 aliphatic carbocycles. The molecule has 0 amide bonds. The molecule has 0 bridgehead atoms. The molecule has 302 valence electrons. The van der Waals surface area contributed by atoms with Crippen molar-refractivity contribution in [1.82, 2.24) is 0 Å². The van der Waals surface area contributed by atoms with Crippen LogP contribution >= 0.6 is 0 Å². The molecule has 0 saturated heterocycles. The second-order valence-corrected chi connectivity index (χ2v) is 14.8. The van der Waals surface area contributed by atoms with Gasteiger partial charge in [0.15, 0.2) is 6.10 Å². The Labute approximate surface area is 317 Å². The van der Waals surface area contributed by atoms with Crippen molar-refractivity contribution in [3.8, 4) is 0 Å². The first kappa shape index (κ1) is 49.7. The molecule has 0 unspecified atom stereocenters. The quantitative estimate of drug-likeness (QED) is 0.0284. The number of hydrogen-bond acceptors (Lipinski definition) is 8. The average Bonchev–Trinajstić information content (AvgIpc) is 3.12. The topological polar surface area (TPSA) is 134 Å². The molecule has 0 fully saturated rings. The van der Waals surface area contributed by atoms with E-state index in [0.29, 0.717) is 6.42 Å². The molecule has 4 N–H and O–H groups in total. The lowest BCUT2D eigenvalue weighted by Gasteiger charge is -2.16. The molecular formula is C44H78O8. The zero-order valence-electron chi connectivity index (χ0n) is 33.3. The summed E-state index contributed by atoms with van der Waals surface area (Å²) in [6, 6.07) is 0. The van der Waals surface area contributed by atoms with E-state index in [1.54, 1.807) is 36.5 Å². The van der Waals surface area contributed by atoms with Crippen molar-refractivity contribution in [1.29, 1.82) is 0 Å². The second kappa shape index (κ2) is 37.1. The van der Waals surface area contributed by atoms with E-state index in [1.165, 1.54) is 89.5 Å². The molecule has 0 aromatic carbocycles. The Balaban J connectivity index is 3.85. The van der Waals surface area contributed by atoms with Gasteiger partial charge in [-0.05, 0) is 31.6 Å². The van der Waals surface area contributed by atoms with Gasteiger partial charge in [-0.2, -0.15) is 0 Å². The highest BCUT2D eigenvalue weighted by atomic mass is 16.6. The number of carbonyl (C=O) groups excluding carboxylic acids is 2. The van der Waals surface area contributed by atoms with Crippen LogP contribution in [0.15, 0.2) is 48.6 Å². The summed E-state index contributed by atoms with van der Waals surface area (Å²) in [5.74, 6) is -0.0805. The first-order valence-corrected chi connectivity index (χ1v) is 20.9. The van der Waals surface area contributed by atoms with E-state index in [1.807, 2.05) is 6.08 Å². The summed E-state index contributed by atoms with van der Waals surface area (Å²) in [5.41, 5.74) is 0. The Morgan fingerprint density at radius 2 is 1.04 bits per heavy atom. The molecule has 0 aliphatic heterocycles. The maximum Gasteiger partial charge on any atom is 0.306 e. The number of aliphatic hydroxyl groups is 4. The lowest BCUT2D eigenvalue weighted by Crippen LogP contribution is -2.28. The number of esters is 2. The monoisotopic (exact) mass is 735 g/mol. The van der Waals surface area contributed by atoms with E-state index in [-0.39, 0.29) is 25.9 Å². The molecule has 0 rings (SSSR count). The van der Waals surface area contributed by atoms with Crippen molar-refractivity contribution in [2.45, 2.75) is 199 Å². The summed E-state index contributed by atoms with van der Waals surface area (Å²) in [6.07, 6.45) is 35.5. The Hall–Kier alpha value is -2.26. The minimum absolute atomic E-state index is 0.0316. The summed E-state index contributed by atoms with van der Waals surface area (Å²) in [6.45, 7) is 6.09. The fourth-order valence-electron chi connectivity index (χ4n) is 5.83. The Morgan fingerprint density at radius 1 is 0.558 bits per heavy atom. The van der Waals surface area contributed by atoms with Crippen LogP contribution in [0, 0.1) is 5.92 Å². The molecule has 8 nitrogen and oxygen atoms in total. The maximum atomic E-state index is 12.2. The Morgan fingerprint density at radius 3 is 1.58 bits per heavy atom. The van der Waals surface area contributed by atoms with Gasteiger partial charge in [0.05, 0.1) is 24.9 Å². The van der Waals surface area contributed by atoms with Crippen molar-refractivity contribution in [3.05, 3.63) is 48.6 Å². The molecule has 0 saturated carbocycles. The molecule has 0 aliphatic rings. The zero-order chi connectivity index (χ0) is 38.5. The molecule has 52 heavy (non-hydrogen) atoms. The highest BCUT2D eigenvalue weighted by Crippen LogP contribution is 2.16. The van der Waals surface area contributed by atoms with Gasteiger partial charge in [-0.1, -0.05) is 185 Å². The van der Waals surface area contributed by atoms with E-state index in [2.05, 4.69) is 20.8 Å². The van der Waals surface area contributed by atoms with Crippen LogP contribution in [0.25, 0.3) is 0 Å². The highest BCUT2D eigenvalue weighted by molar-refractivity contribution is 5.70. The molecule has 0 spiro atoms. The van der Waals surface area contributed by atoms with E-state index in [9.17, 15) is 30.0 Å². The molecular weight excluding hydrogens is 656 g/mol. The largest absolute Gasteiger partial charge is 0.462 e. The van der Waals surface area contributed by atoms with Gasteiger partial charge in [0.25, 0.3) is 0 Å². The fraction of sp³-hybridized carbons (Fsp3) is 0.773. The van der Waals surface area contributed by atoms with Crippen LogP contribution in [-0.4, -0.2) is 70.0 Å². The lowest BCUT2D eigenvalue weighted by molar-refractivity contribution is -0.161. The minimum atomic E-state index is -1.08. The number of carbonyl (C=O) groups is 2.